The molecule has 0 aromatic carbocycles. The first-order valence-corrected chi connectivity index (χ1v) is 3.93. The Balaban J connectivity index is 2.83. The molecule has 0 radical (unpaired) electrons. The minimum Gasteiger partial charge on any atom is -0.281 e. The van der Waals surface area contributed by atoms with Crippen LogP contribution in [0.2, 0.25) is 0 Å². The fourth-order valence-corrected chi connectivity index (χ4v) is 0.815. The Kier molecular flexibility index (Phi) is 2.22. The number of aliphatic imine (C=N–C) groups is 2. The van der Waals surface area contributed by atoms with Gasteiger partial charge in [-0.2, -0.15) is 0 Å². The Morgan fingerprint density at radius 3 is 2.82 bits per heavy atom. The summed E-state index contributed by atoms with van der Waals surface area (Å²) in [5, 5.41) is 0. The highest BCUT2D eigenvalue weighted by Crippen LogP contribution is 2.12. The van der Waals surface area contributed by atoms with Gasteiger partial charge in [0.2, 0.25) is 0 Å². The van der Waals surface area contributed by atoms with Crippen molar-refractivity contribution in [3.63, 3.8) is 0 Å². The molecule has 0 N–H and O–H groups in total. The van der Waals surface area contributed by atoms with Gasteiger partial charge in [-0.05, 0) is 26.3 Å². The van der Waals surface area contributed by atoms with E-state index in [2.05, 4.69) is 30.8 Å². The molecule has 1 aliphatic rings. The average molecular weight is 150 g/mol. The molecule has 11 heavy (non-hydrogen) atoms. The van der Waals surface area contributed by atoms with E-state index in [4.69, 9.17) is 0 Å². The molecule has 2 nitrogen and oxygen atoms in total. The average Bonchev–Trinajstić information content (AvgIpc) is 2.10. The van der Waals surface area contributed by atoms with Gasteiger partial charge in [0.05, 0.1) is 11.3 Å². The maximum atomic E-state index is 4.37. The zero-order chi connectivity index (χ0) is 8.32. The molecule has 0 aliphatic carbocycles. The third kappa shape index (κ3) is 2.30. The third-order valence-electron chi connectivity index (χ3n) is 1.63. The van der Waals surface area contributed by atoms with Gasteiger partial charge in [0.1, 0.15) is 0 Å². The molecule has 0 fully saturated rings. The lowest BCUT2D eigenvalue weighted by atomic mass is 10.1. The van der Waals surface area contributed by atoms with Crippen LogP contribution >= 0.6 is 0 Å². The van der Waals surface area contributed by atoms with Crippen LogP contribution in [0.15, 0.2) is 22.3 Å². The number of rotatable bonds is 1. The molecule has 0 bridgehead atoms. The highest BCUT2D eigenvalue weighted by atomic mass is 14.9. The largest absolute Gasteiger partial charge is 0.281 e. The van der Waals surface area contributed by atoms with E-state index in [-0.39, 0.29) is 5.54 Å². The van der Waals surface area contributed by atoms with E-state index in [9.17, 15) is 0 Å². The van der Waals surface area contributed by atoms with E-state index in [0.29, 0.717) is 0 Å². The summed E-state index contributed by atoms with van der Waals surface area (Å²) in [5.41, 5.74) is 0.965. The fraction of sp³-hybridized carbons (Fsp3) is 0.556. The van der Waals surface area contributed by atoms with Crippen molar-refractivity contribution in [3.05, 3.63) is 12.3 Å². The number of hydrogen-bond donors (Lipinski definition) is 0. The minimum atomic E-state index is -0.0829. The molecular formula is C9H14N2. The quantitative estimate of drug-likeness (QED) is 0.547. The van der Waals surface area contributed by atoms with E-state index in [1.54, 1.807) is 0 Å². The van der Waals surface area contributed by atoms with Crippen molar-refractivity contribution >= 4 is 11.9 Å². The fourth-order valence-electron chi connectivity index (χ4n) is 0.815. The summed E-state index contributed by atoms with van der Waals surface area (Å²) in [5.74, 6) is 0. The second-order valence-electron chi connectivity index (χ2n) is 3.20. The van der Waals surface area contributed by atoms with E-state index < -0.39 is 0 Å². The van der Waals surface area contributed by atoms with Gasteiger partial charge in [-0.3, -0.25) is 9.98 Å². The normalized spacial score (nSPS) is 21.2. The molecule has 0 saturated heterocycles. The lowest BCUT2D eigenvalue weighted by Gasteiger charge is -2.11. The highest BCUT2D eigenvalue weighted by Gasteiger charge is 2.11. The van der Waals surface area contributed by atoms with Crippen LogP contribution in [0.25, 0.3) is 0 Å². The second kappa shape index (κ2) is 2.99. The molecule has 1 rings (SSSR count). The SMILES string of the molecule is CCC1=NC=CC(C)(C)N=C1. The molecular weight excluding hydrogens is 136 g/mol. The maximum Gasteiger partial charge on any atom is 0.0749 e. The monoisotopic (exact) mass is 150 g/mol. The van der Waals surface area contributed by atoms with Gasteiger partial charge in [0, 0.05) is 12.4 Å². The van der Waals surface area contributed by atoms with Gasteiger partial charge in [0.25, 0.3) is 0 Å². The van der Waals surface area contributed by atoms with Crippen LogP contribution in [0, 0.1) is 0 Å². The van der Waals surface area contributed by atoms with Crippen molar-refractivity contribution in [1.29, 1.82) is 0 Å². The molecule has 0 amide bonds. The summed E-state index contributed by atoms with van der Waals surface area (Å²) >= 11 is 0. The molecule has 0 unspecified atom stereocenters. The molecule has 0 aromatic rings. The van der Waals surface area contributed by atoms with Crippen LogP contribution in [0.1, 0.15) is 27.2 Å². The maximum absolute atomic E-state index is 4.37. The van der Waals surface area contributed by atoms with Crippen LogP contribution in [0.5, 0.6) is 0 Å². The van der Waals surface area contributed by atoms with Crippen LogP contribution in [-0.2, 0) is 0 Å². The van der Waals surface area contributed by atoms with Crippen LogP contribution in [0.3, 0.4) is 0 Å². The molecule has 0 atom stereocenters. The summed E-state index contributed by atoms with van der Waals surface area (Å²) in [6.45, 7) is 6.21. The summed E-state index contributed by atoms with van der Waals surface area (Å²) in [7, 11) is 0. The van der Waals surface area contributed by atoms with E-state index in [0.717, 1.165) is 12.1 Å². The Labute approximate surface area is 67.8 Å². The van der Waals surface area contributed by atoms with Gasteiger partial charge < -0.3 is 0 Å². The number of hydrogen-bond acceptors (Lipinski definition) is 2. The predicted octanol–water partition coefficient (Wildman–Crippen LogP) is 2.21. The lowest BCUT2D eigenvalue weighted by molar-refractivity contribution is 0.662. The van der Waals surface area contributed by atoms with Gasteiger partial charge in [-0.25, -0.2) is 0 Å². The molecule has 0 spiro atoms. The number of nitrogens with zero attached hydrogens (tertiary/aromatic N) is 2. The van der Waals surface area contributed by atoms with Crippen molar-refractivity contribution in [2.45, 2.75) is 32.7 Å². The minimum absolute atomic E-state index is 0.0829. The molecule has 2 heteroatoms. The zero-order valence-corrected chi connectivity index (χ0v) is 7.33. The molecule has 0 saturated carbocycles. The Bertz CT molecular complexity index is 222. The van der Waals surface area contributed by atoms with Crippen molar-refractivity contribution < 1.29 is 0 Å². The second-order valence-corrected chi connectivity index (χ2v) is 3.20. The van der Waals surface area contributed by atoms with Crippen LogP contribution in [-0.4, -0.2) is 17.5 Å². The first kappa shape index (κ1) is 8.18. The molecule has 1 heterocycles. The van der Waals surface area contributed by atoms with E-state index in [1.807, 2.05) is 18.5 Å². The van der Waals surface area contributed by atoms with Gasteiger partial charge in [-0.15, -0.1) is 0 Å². The van der Waals surface area contributed by atoms with Crippen LogP contribution < -0.4 is 0 Å². The zero-order valence-electron chi connectivity index (χ0n) is 7.33. The summed E-state index contributed by atoms with van der Waals surface area (Å²) in [4.78, 5) is 8.59. The van der Waals surface area contributed by atoms with Gasteiger partial charge >= 0.3 is 0 Å². The Hall–Kier alpha value is -0.920. The van der Waals surface area contributed by atoms with Gasteiger partial charge in [-0.1, -0.05) is 6.92 Å². The summed E-state index contributed by atoms with van der Waals surface area (Å²) in [6.07, 6.45) is 6.65. The topological polar surface area (TPSA) is 24.7 Å². The molecule has 0 aromatic heterocycles. The summed E-state index contributed by atoms with van der Waals surface area (Å²) in [6, 6.07) is 0. The standard InChI is InChI=1S/C9H14N2/c1-4-8-7-11-9(2,3)5-6-10-8/h5-7H,4H2,1-3H3. The highest BCUT2D eigenvalue weighted by molar-refractivity contribution is 6.30. The Morgan fingerprint density at radius 1 is 1.45 bits per heavy atom. The lowest BCUT2D eigenvalue weighted by Crippen LogP contribution is -2.12. The van der Waals surface area contributed by atoms with Crippen molar-refractivity contribution in [2.75, 3.05) is 0 Å². The molecule has 1 aliphatic heterocycles. The Morgan fingerprint density at radius 2 is 2.18 bits per heavy atom. The van der Waals surface area contributed by atoms with E-state index in [1.165, 1.54) is 0 Å². The van der Waals surface area contributed by atoms with Crippen molar-refractivity contribution in [2.24, 2.45) is 9.98 Å². The summed E-state index contributed by atoms with van der Waals surface area (Å²) < 4.78 is 0. The molecule has 60 valence electrons. The van der Waals surface area contributed by atoms with Crippen LogP contribution in [0.4, 0.5) is 0 Å². The first-order valence-electron chi connectivity index (χ1n) is 3.93. The van der Waals surface area contributed by atoms with Crippen molar-refractivity contribution in [1.82, 2.24) is 0 Å². The van der Waals surface area contributed by atoms with E-state index >= 15 is 0 Å². The van der Waals surface area contributed by atoms with Gasteiger partial charge in [0.15, 0.2) is 0 Å². The van der Waals surface area contributed by atoms with Crippen molar-refractivity contribution in [3.8, 4) is 0 Å². The third-order valence-corrected chi connectivity index (χ3v) is 1.63. The predicted molar refractivity (Wildman–Crippen MR) is 49.4 cm³/mol. The first-order chi connectivity index (χ1) is 5.14. The smallest absolute Gasteiger partial charge is 0.0749 e.